The first-order valence-corrected chi connectivity index (χ1v) is 12.7. The minimum atomic E-state index is -0.0601. The van der Waals surface area contributed by atoms with Crippen LogP contribution in [-0.4, -0.2) is 26.7 Å². The highest BCUT2D eigenvalue weighted by atomic mass is 79.9. The first-order chi connectivity index (χ1) is 17.0. The van der Waals surface area contributed by atoms with Crippen LogP contribution in [0.2, 0.25) is 0 Å². The molecule has 4 aromatic rings. The summed E-state index contributed by atoms with van der Waals surface area (Å²) in [6, 6.07) is 24.7. The van der Waals surface area contributed by atoms with E-state index in [0.29, 0.717) is 6.54 Å². The molecular weight excluding hydrogens is 520 g/mol. The third kappa shape index (κ3) is 4.46. The van der Waals surface area contributed by atoms with Gasteiger partial charge in [0.15, 0.2) is 5.11 Å². The molecule has 178 valence electrons. The smallest absolute Gasteiger partial charge is 0.170 e. The standard InChI is InChI=1S/C28H27BrN4OS/c1-18-16-22(19(2)33(18)25-10-5-4-8-23(25)29)27-26(24-9-6-7-15-30-24)31-28(35)32(27)17-20-11-13-21(34-3)14-12-20/h4-16,26-27H,17H2,1-3H3,(H,31,35). The van der Waals surface area contributed by atoms with Gasteiger partial charge in [-0.25, -0.2) is 0 Å². The van der Waals surface area contributed by atoms with Gasteiger partial charge in [0.1, 0.15) is 5.75 Å². The van der Waals surface area contributed by atoms with Gasteiger partial charge in [0.05, 0.1) is 30.6 Å². The number of nitrogens with one attached hydrogen (secondary N) is 1. The lowest BCUT2D eigenvalue weighted by atomic mass is 9.96. The van der Waals surface area contributed by atoms with E-state index in [1.165, 1.54) is 22.5 Å². The minimum absolute atomic E-state index is 0.0121. The average molecular weight is 548 g/mol. The molecule has 0 radical (unpaired) electrons. The molecule has 1 fully saturated rings. The summed E-state index contributed by atoms with van der Waals surface area (Å²) in [6.45, 7) is 5.02. The Labute approximate surface area is 219 Å². The molecule has 0 spiro atoms. The molecule has 0 bridgehead atoms. The lowest BCUT2D eigenvalue weighted by molar-refractivity contribution is 0.310. The summed E-state index contributed by atoms with van der Waals surface area (Å²) < 4.78 is 8.71. The fraction of sp³-hybridized carbons (Fsp3) is 0.214. The quantitative estimate of drug-likeness (QED) is 0.282. The zero-order chi connectivity index (χ0) is 24.5. The van der Waals surface area contributed by atoms with Gasteiger partial charge in [-0.05, 0) is 95.6 Å². The number of methoxy groups -OCH3 is 1. The van der Waals surface area contributed by atoms with Crippen molar-refractivity contribution < 1.29 is 4.74 Å². The Morgan fingerprint density at radius 2 is 1.77 bits per heavy atom. The zero-order valence-corrected chi connectivity index (χ0v) is 22.3. The highest BCUT2D eigenvalue weighted by Crippen LogP contribution is 2.42. The molecule has 1 aliphatic rings. The van der Waals surface area contributed by atoms with Crippen molar-refractivity contribution in [1.82, 2.24) is 19.8 Å². The van der Waals surface area contributed by atoms with Crippen LogP contribution >= 0.6 is 28.1 Å². The van der Waals surface area contributed by atoms with Gasteiger partial charge in [-0.1, -0.05) is 30.3 Å². The van der Waals surface area contributed by atoms with E-state index < -0.39 is 0 Å². The molecule has 0 saturated carbocycles. The van der Waals surface area contributed by atoms with Crippen molar-refractivity contribution >= 4 is 33.3 Å². The Balaban J connectivity index is 1.60. The van der Waals surface area contributed by atoms with Gasteiger partial charge in [0.25, 0.3) is 0 Å². The van der Waals surface area contributed by atoms with Gasteiger partial charge in [-0.15, -0.1) is 0 Å². The molecule has 2 aromatic heterocycles. The molecule has 2 aromatic carbocycles. The van der Waals surface area contributed by atoms with E-state index in [4.69, 9.17) is 17.0 Å². The predicted octanol–water partition coefficient (Wildman–Crippen LogP) is 6.43. The largest absolute Gasteiger partial charge is 0.497 e. The Kier molecular flexibility index (Phi) is 6.62. The number of para-hydroxylation sites is 1. The third-order valence-corrected chi connectivity index (χ3v) is 7.61. The Bertz CT molecular complexity index is 1350. The molecule has 2 unspecified atom stereocenters. The summed E-state index contributed by atoms with van der Waals surface area (Å²) in [4.78, 5) is 6.97. The number of aromatic nitrogens is 2. The summed E-state index contributed by atoms with van der Waals surface area (Å²) in [6.07, 6.45) is 1.84. The van der Waals surface area contributed by atoms with Crippen LogP contribution in [0.3, 0.4) is 0 Å². The van der Waals surface area contributed by atoms with Crippen LogP contribution in [-0.2, 0) is 6.54 Å². The summed E-state index contributed by atoms with van der Waals surface area (Å²) in [7, 11) is 1.68. The molecule has 3 heterocycles. The van der Waals surface area contributed by atoms with E-state index in [1.807, 2.05) is 36.5 Å². The Morgan fingerprint density at radius 3 is 2.46 bits per heavy atom. The van der Waals surface area contributed by atoms with E-state index in [1.54, 1.807) is 7.11 Å². The summed E-state index contributed by atoms with van der Waals surface area (Å²) in [5.74, 6) is 0.843. The van der Waals surface area contributed by atoms with E-state index in [2.05, 4.69) is 92.0 Å². The number of pyridine rings is 1. The maximum atomic E-state index is 5.89. The van der Waals surface area contributed by atoms with Gasteiger partial charge in [-0.3, -0.25) is 4.98 Å². The van der Waals surface area contributed by atoms with E-state index >= 15 is 0 Å². The third-order valence-electron chi connectivity index (χ3n) is 6.59. The van der Waals surface area contributed by atoms with Gasteiger partial charge in [0.2, 0.25) is 0 Å². The van der Waals surface area contributed by atoms with E-state index in [9.17, 15) is 0 Å². The summed E-state index contributed by atoms with van der Waals surface area (Å²) >= 11 is 9.62. The molecule has 35 heavy (non-hydrogen) atoms. The maximum absolute atomic E-state index is 5.89. The second-order valence-electron chi connectivity index (χ2n) is 8.72. The van der Waals surface area contributed by atoms with Crippen molar-refractivity contribution in [2.75, 3.05) is 7.11 Å². The van der Waals surface area contributed by atoms with Crippen LogP contribution in [0.15, 0.2) is 83.5 Å². The van der Waals surface area contributed by atoms with Crippen molar-refractivity contribution in [2.45, 2.75) is 32.5 Å². The fourth-order valence-corrected chi connectivity index (χ4v) is 5.70. The molecule has 2 atom stereocenters. The number of hydrogen-bond acceptors (Lipinski definition) is 3. The molecule has 1 aliphatic heterocycles. The highest BCUT2D eigenvalue weighted by molar-refractivity contribution is 9.10. The number of nitrogens with zero attached hydrogens (tertiary/aromatic N) is 3. The number of aryl methyl sites for hydroxylation is 1. The van der Waals surface area contributed by atoms with Crippen molar-refractivity contribution in [2.24, 2.45) is 0 Å². The van der Waals surface area contributed by atoms with Crippen LogP contribution in [0.4, 0.5) is 0 Å². The zero-order valence-electron chi connectivity index (χ0n) is 19.9. The second kappa shape index (κ2) is 9.84. The predicted molar refractivity (Wildman–Crippen MR) is 147 cm³/mol. The van der Waals surface area contributed by atoms with Crippen LogP contribution < -0.4 is 10.1 Å². The number of thiocarbonyl (C=S) groups is 1. The first-order valence-electron chi connectivity index (χ1n) is 11.5. The van der Waals surface area contributed by atoms with Crippen molar-refractivity contribution in [3.05, 3.63) is 112 Å². The normalized spacial score (nSPS) is 17.5. The van der Waals surface area contributed by atoms with Crippen molar-refractivity contribution in [3.8, 4) is 11.4 Å². The SMILES string of the molecule is COc1ccc(CN2C(=S)NC(c3ccccn3)C2c2cc(C)n(-c3ccccc3Br)c2C)cc1. The van der Waals surface area contributed by atoms with Crippen molar-refractivity contribution in [1.29, 1.82) is 0 Å². The first kappa shape index (κ1) is 23.6. The number of halogens is 1. The molecule has 1 N–H and O–H groups in total. The molecular formula is C28H27BrN4OS. The monoisotopic (exact) mass is 546 g/mol. The molecule has 5 rings (SSSR count). The number of hydrogen-bond donors (Lipinski definition) is 1. The molecule has 5 nitrogen and oxygen atoms in total. The minimum Gasteiger partial charge on any atom is -0.497 e. The van der Waals surface area contributed by atoms with Gasteiger partial charge in [-0.2, -0.15) is 0 Å². The fourth-order valence-electron chi connectivity index (χ4n) is 4.93. The van der Waals surface area contributed by atoms with Gasteiger partial charge in [0, 0.05) is 28.6 Å². The maximum Gasteiger partial charge on any atom is 0.170 e. The number of benzene rings is 2. The molecule has 7 heteroatoms. The topological polar surface area (TPSA) is 42.3 Å². The molecule has 1 saturated heterocycles. The van der Waals surface area contributed by atoms with E-state index in [-0.39, 0.29) is 12.1 Å². The van der Waals surface area contributed by atoms with Crippen LogP contribution in [0, 0.1) is 13.8 Å². The van der Waals surface area contributed by atoms with Crippen LogP contribution in [0.5, 0.6) is 5.75 Å². The molecule has 0 amide bonds. The number of rotatable bonds is 6. The van der Waals surface area contributed by atoms with Crippen LogP contribution in [0.1, 0.15) is 40.3 Å². The van der Waals surface area contributed by atoms with Crippen molar-refractivity contribution in [3.63, 3.8) is 0 Å². The molecule has 0 aliphatic carbocycles. The van der Waals surface area contributed by atoms with Gasteiger partial charge < -0.3 is 19.5 Å². The van der Waals surface area contributed by atoms with Crippen LogP contribution in [0.25, 0.3) is 5.69 Å². The summed E-state index contributed by atoms with van der Waals surface area (Å²) in [5, 5.41) is 4.30. The Hall–Kier alpha value is -3.16. The second-order valence-corrected chi connectivity index (χ2v) is 9.96. The lowest BCUT2D eigenvalue weighted by Crippen LogP contribution is -2.29. The number of ether oxygens (including phenoxy) is 1. The average Bonchev–Trinajstić information content (AvgIpc) is 3.35. The summed E-state index contributed by atoms with van der Waals surface area (Å²) in [5.41, 5.74) is 6.86. The Morgan fingerprint density at radius 1 is 1.03 bits per heavy atom. The van der Waals surface area contributed by atoms with Gasteiger partial charge >= 0.3 is 0 Å². The van der Waals surface area contributed by atoms with E-state index in [0.717, 1.165) is 26.7 Å². The highest BCUT2D eigenvalue weighted by Gasteiger charge is 2.41. The lowest BCUT2D eigenvalue weighted by Gasteiger charge is -2.28.